The molecule has 2 aromatic rings. The second kappa shape index (κ2) is 7.33. The van der Waals surface area contributed by atoms with Crippen LogP contribution >= 0.6 is 0 Å². The van der Waals surface area contributed by atoms with E-state index < -0.39 is 0 Å². The zero-order valence-electron chi connectivity index (χ0n) is 13.8. The van der Waals surface area contributed by atoms with E-state index in [2.05, 4.69) is 20.6 Å². The largest absolute Gasteiger partial charge is 0.370 e. The Hall–Kier alpha value is -2.90. The van der Waals surface area contributed by atoms with Crippen LogP contribution in [-0.2, 0) is 4.79 Å². The van der Waals surface area contributed by atoms with Crippen LogP contribution in [0.25, 0.3) is 11.0 Å². The fraction of sp³-hybridized carbons (Fsp3) is 0.412. The van der Waals surface area contributed by atoms with E-state index >= 15 is 0 Å². The van der Waals surface area contributed by atoms with Crippen LogP contribution in [0.15, 0.2) is 18.5 Å². The molecule has 2 aromatic heterocycles. The lowest BCUT2D eigenvalue weighted by Crippen LogP contribution is -2.36. The molecule has 1 amide bonds. The van der Waals surface area contributed by atoms with Crippen LogP contribution < -0.4 is 16.4 Å². The second-order valence-corrected chi connectivity index (χ2v) is 6.45. The molecule has 0 bridgehead atoms. The van der Waals surface area contributed by atoms with Crippen LogP contribution in [0.1, 0.15) is 36.0 Å². The number of guanidine groups is 1. The summed E-state index contributed by atoms with van der Waals surface area (Å²) in [7, 11) is 0. The number of anilines is 1. The molecule has 8 heteroatoms. The van der Waals surface area contributed by atoms with Gasteiger partial charge in [-0.15, -0.1) is 0 Å². The molecule has 0 aliphatic heterocycles. The normalized spacial score (nSPS) is 20.2. The van der Waals surface area contributed by atoms with Crippen LogP contribution in [0, 0.1) is 17.2 Å². The number of nitrogens with zero attached hydrogens (tertiary/aromatic N) is 1. The summed E-state index contributed by atoms with van der Waals surface area (Å²) in [6, 6.07) is 1.71. The number of carbonyl (C=O) groups excluding carboxylic acids is 2. The van der Waals surface area contributed by atoms with Crippen molar-refractivity contribution in [2.45, 2.75) is 25.7 Å². The number of amides is 1. The number of hydrogen-bond acceptors (Lipinski definition) is 4. The number of nitrogens with two attached hydrogens (primary N) is 1. The summed E-state index contributed by atoms with van der Waals surface area (Å²) < 4.78 is 0. The van der Waals surface area contributed by atoms with E-state index in [1.54, 1.807) is 18.5 Å². The molecule has 25 heavy (non-hydrogen) atoms. The molecule has 1 fully saturated rings. The van der Waals surface area contributed by atoms with Gasteiger partial charge in [0.2, 0.25) is 5.91 Å². The molecule has 2 heterocycles. The quantitative estimate of drug-likeness (QED) is 0.319. The van der Waals surface area contributed by atoms with Gasteiger partial charge in [0.05, 0.1) is 11.1 Å². The highest BCUT2D eigenvalue weighted by molar-refractivity contribution is 6.07. The Balaban J connectivity index is 1.63. The van der Waals surface area contributed by atoms with Gasteiger partial charge in [-0.3, -0.25) is 15.0 Å². The van der Waals surface area contributed by atoms with E-state index in [1.807, 2.05) is 0 Å². The summed E-state index contributed by atoms with van der Waals surface area (Å²) >= 11 is 0. The van der Waals surface area contributed by atoms with Gasteiger partial charge in [0.25, 0.3) is 0 Å². The number of H-pyrrole nitrogens is 1. The van der Waals surface area contributed by atoms with Crippen LogP contribution in [-0.4, -0.2) is 34.7 Å². The minimum Gasteiger partial charge on any atom is -0.370 e. The Labute approximate surface area is 145 Å². The third-order valence-corrected chi connectivity index (χ3v) is 4.79. The molecule has 0 radical (unpaired) electrons. The number of pyridine rings is 1. The number of aromatic nitrogens is 2. The maximum absolute atomic E-state index is 12.6. The lowest BCUT2D eigenvalue weighted by atomic mass is 9.81. The number of carbonyl (C=O) groups is 2. The topological polar surface area (TPSA) is 137 Å². The summed E-state index contributed by atoms with van der Waals surface area (Å²) in [5.74, 6) is 0.352. The summed E-state index contributed by atoms with van der Waals surface area (Å²) in [6.07, 6.45) is 7.40. The van der Waals surface area contributed by atoms with Crippen LogP contribution in [0.5, 0.6) is 0 Å². The first-order valence-electron chi connectivity index (χ1n) is 8.38. The number of fused-ring (bicyclic) bond motifs is 1. The van der Waals surface area contributed by atoms with Crippen molar-refractivity contribution in [2.24, 2.45) is 17.6 Å². The van der Waals surface area contributed by atoms with Gasteiger partial charge >= 0.3 is 0 Å². The Kier molecular flexibility index (Phi) is 4.97. The third-order valence-electron chi connectivity index (χ3n) is 4.79. The van der Waals surface area contributed by atoms with Gasteiger partial charge in [0.1, 0.15) is 5.65 Å². The molecule has 132 valence electrons. The zero-order chi connectivity index (χ0) is 17.8. The summed E-state index contributed by atoms with van der Waals surface area (Å²) in [5.41, 5.74) is 6.98. The molecule has 1 aliphatic carbocycles. The van der Waals surface area contributed by atoms with Gasteiger partial charge in [-0.05, 0) is 37.7 Å². The van der Waals surface area contributed by atoms with Crippen molar-refractivity contribution in [3.05, 3.63) is 24.0 Å². The molecule has 1 aliphatic rings. The lowest BCUT2D eigenvalue weighted by molar-refractivity contribution is -0.121. The Morgan fingerprint density at radius 3 is 2.84 bits per heavy atom. The van der Waals surface area contributed by atoms with Crippen LogP contribution in [0.2, 0.25) is 0 Å². The van der Waals surface area contributed by atoms with Gasteiger partial charge in [0.15, 0.2) is 12.2 Å². The fourth-order valence-corrected chi connectivity index (χ4v) is 3.40. The molecule has 8 nitrogen and oxygen atoms in total. The molecular formula is C17H22N6O2. The van der Waals surface area contributed by atoms with Crippen molar-refractivity contribution in [3.8, 4) is 0 Å². The Morgan fingerprint density at radius 2 is 2.16 bits per heavy atom. The SMILES string of the molecule is N=C(N)NC[C@H]1CC[C@H](C(=O)Nc2ccnc3[nH]cc(C=O)c23)CC1. The predicted molar refractivity (Wildman–Crippen MR) is 95.5 cm³/mol. The van der Waals surface area contributed by atoms with Gasteiger partial charge in [-0.25, -0.2) is 4.98 Å². The zero-order valence-corrected chi connectivity index (χ0v) is 13.8. The number of rotatable bonds is 5. The van der Waals surface area contributed by atoms with Crippen molar-refractivity contribution in [1.29, 1.82) is 5.41 Å². The summed E-state index contributed by atoms with van der Waals surface area (Å²) in [5, 5.41) is 13.6. The first kappa shape index (κ1) is 16.9. The molecular weight excluding hydrogens is 320 g/mol. The predicted octanol–water partition coefficient (Wildman–Crippen LogP) is 1.60. The van der Waals surface area contributed by atoms with Crippen molar-refractivity contribution in [3.63, 3.8) is 0 Å². The van der Waals surface area contributed by atoms with Crippen LogP contribution in [0.3, 0.4) is 0 Å². The molecule has 0 saturated heterocycles. The highest BCUT2D eigenvalue weighted by Crippen LogP contribution is 2.30. The minimum absolute atomic E-state index is 0.0148. The molecule has 6 N–H and O–H groups in total. The first-order chi connectivity index (χ1) is 12.1. The molecule has 0 atom stereocenters. The smallest absolute Gasteiger partial charge is 0.227 e. The second-order valence-electron chi connectivity index (χ2n) is 6.45. The van der Waals surface area contributed by atoms with Gasteiger partial charge < -0.3 is 21.4 Å². The van der Waals surface area contributed by atoms with E-state index in [0.717, 1.165) is 32.0 Å². The van der Waals surface area contributed by atoms with Crippen LogP contribution in [0.4, 0.5) is 5.69 Å². The van der Waals surface area contributed by atoms with Crippen molar-refractivity contribution >= 4 is 34.9 Å². The highest BCUT2D eigenvalue weighted by atomic mass is 16.1. The average molecular weight is 342 g/mol. The maximum atomic E-state index is 12.6. The Bertz CT molecular complexity index is 792. The molecule has 1 saturated carbocycles. The third kappa shape index (κ3) is 3.78. The number of aromatic amines is 1. The monoisotopic (exact) mass is 342 g/mol. The molecule has 0 unspecified atom stereocenters. The van der Waals surface area contributed by atoms with Gasteiger partial charge in [0, 0.05) is 30.4 Å². The van der Waals surface area contributed by atoms with E-state index in [9.17, 15) is 9.59 Å². The number of hydrogen-bond donors (Lipinski definition) is 5. The number of aldehydes is 1. The van der Waals surface area contributed by atoms with Crippen molar-refractivity contribution in [2.75, 3.05) is 11.9 Å². The van der Waals surface area contributed by atoms with E-state index in [0.29, 0.717) is 34.7 Å². The standard InChI is InChI=1S/C17H22N6O2/c18-17(19)22-7-10-1-3-11(4-2-10)16(25)23-13-5-6-20-15-14(13)12(9-24)8-21-15/h5-6,8-11H,1-4,7H2,(H4,18,19,22)(H2,20,21,23,25)/t10-,11-. The summed E-state index contributed by atoms with van der Waals surface area (Å²) in [4.78, 5) is 30.9. The van der Waals surface area contributed by atoms with E-state index in [-0.39, 0.29) is 17.8 Å². The van der Waals surface area contributed by atoms with E-state index in [1.165, 1.54) is 0 Å². The highest BCUT2D eigenvalue weighted by Gasteiger charge is 2.26. The average Bonchev–Trinajstić information content (AvgIpc) is 3.04. The molecule has 3 rings (SSSR count). The van der Waals surface area contributed by atoms with Crippen molar-refractivity contribution in [1.82, 2.24) is 15.3 Å². The lowest BCUT2D eigenvalue weighted by Gasteiger charge is -2.28. The maximum Gasteiger partial charge on any atom is 0.227 e. The van der Waals surface area contributed by atoms with Gasteiger partial charge in [-0.1, -0.05) is 0 Å². The number of nitrogens with one attached hydrogen (secondary N) is 4. The molecule has 0 aromatic carbocycles. The summed E-state index contributed by atoms with van der Waals surface area (Å²) in [6.45, 7) is 0.681. The minimum atomic E-state index is -0.0459. The molecule has 0 spiro atoms. The van der Waals surface area contributed by atoms with Gasteiger partial charge in [-0.2, -0.15) is 0 Å². The fourth-order valence-electron chi connectivity index (χ4n) is 3.40. The Morgan fingerprint density at radius 1 is 1.40 bits per heavy atom. The van der Waals surface area contributed by atoms with E-state index in [4.69, 9.17) is 11.1 Å². The van der Waals surface area contributed by atoms with Crippen molar-refractivity contribution < 1.29 is 9.59 Å². The first-order valence-corrected chi connectivity index (χ1v) is 8.38.